The molecule has 0 aromatic heterocycles. The van der Waals surface area contributed by atoms with E-state index < -0.39 is 11.7 Å². The van der Waals surface area contributed by atoms with E-state index >= 15 is 0 Å². The monoisotopic (exact) mass is 461 g/mol. The van der Waals surface area contributed by atoms with Crippen LogP contribution in [0.1, 0.15) is 71.3 Å². The van der Waals surface area contributed by atoms with Crippen molar-refractivity contribution in [3.63, 3.8) is 0 Å². The molecule has 1 amide bonds. The molecule has 0 heterocycles. The lowest BCUT2D eigenvalue weighted by molar-refractivity contribution is -0.163. The fraction of sp³-hybridized carbons (Fsp3) is 0.692. The predicted octanol–water partition coefficient (Wildman–Crippen LogP) is 4.15. The molecule has 0 bridgehead atoms. The van der Waals surface area contributed by atoms with E-state index in [-0.39, 0.29) is 24.5 Å². The molecule has 1 aliphatic carbocycles. The minimum absolute atomic E-state index is 0.165. The third-order valence-electron chi connectivity index (χ3n) is 5.94. The molecule has 1 fully saturated rings. The second kappa shape index (κ2) is 14.2. The lowest BCUT2D eigenvalue weighted by atomic mass is 9.76. The normalized spacial score (nSPS) is 16.6. The minimum atomic E-state index is -0.508. The summed E-state index contributed by atoms with van der Waals surface area (Å²) in [4.78, 5) is 24.7. The van der Waals surface area contributed by atoms with Crippen molar-refractivity contribution in [3.8, 4) is 0 Å². The quantitative estimate of drug-likeness (QED) is 0.319. The van der Waals surface area contributed by atoms with E-state index in [0.29, 0.717) is 19.0 Å². The summed E-state index contributed by atoms with van der Waals surface area (Å²) >= 11 is 0. The van der Waals surface area contributed by atoms with Gasteiger partial charge in [-0.1, -0.05) is 49.6 Å². The molecule has 2 atom stereocenters. The van der Waals surface area contributed by atoms with Gasteiger partial charge in [-0.2, -0.15) is 0 Å². The molecule has 1 aliphatic rings. The van der Waals surface area contributed by atoms with E-state index in [1.807, 2.05) is 51.1 Å². The van der Waals surface area contributed by atoms with Crippen LogP contribution in [0.5, 0.6) is 0 Å². The molecule has 0 spiro atoms. The molecule has 1 aromatic rings. The number of esters is 1. The summed E-state index contributed by atoms with van der Waals surface area (Å²) in [7, 11) is 0. The van der Waals surface area contributed by atoms with Gasteiger partial charge in [0.1, 0.15) is 12.2 Å². The molecule has 2 rings (SSSR count). The van der Waals surface area contributed by atoms with Gasteiger partial charge in [-0.25, -0.2) is 4.79 Å². The average molecular weight is 462 g/mol. The Labute approximate surface area is 199 Å². The van der Waals surface area contributed by atoms with E-state index in [1.165, 1.54) is 6.42 Å². The number of unbranched alkanes of at least 4 members (excludes halogenated alkanes) is 1. The van der Waals surface area contributed by atoms with Crippen molar-refractivity contribution >= 4 is 12.1 Å². The zero-order valence-corrected chi connectivity index (χ0v) is 20.6. The minimum Gasteiger partial charge on any atom is -0.460 e. The van der Waals surface area contributed by atoms with Gasteiger partial charge < -0.3 is 25.8 Å². The fourth-order valence-electron chi connectivity index (χ4n) is 4.32. The summed E-state index contributed by atoms with van der Waals surface area (Å²) < 4.78 is 10.9. The Bertz CT molecular complexity index is 699. The molecule has 33 heavy (non-hydrogen) atoms. The maximum absolute atomic E-state index is 12.9. The molecule has 0 saturated heterocycles. The first-order chi connectivity index (χ1) is 15.8. The number of rotatable bonds is 12. The number of carbonyl (C=O) groups excluding carboxylic acids is 2. The van der Waals surface area contributed by atoms with Crippen molar-refractivity contribution in [2.24, 2.45) is 17.6 Å². The topological polar surface area (TPSA) is 103 Å². The van der Waals surface area contributed by atoms with Crippen LogP contribution in [0.15, 0.2) is 30.3 Å². The highest BCUT2D eigenvalue weighted by Crippen LogP contribution is 2.33. The van der Waals surface area contributed by atoms with Crippen LogP contribution >= 0.6 is 0 Å². The molecule has 7 heteroatoms. The maximum atomic E-state index is 12.9. The Balaban J connectivity index is 1.63. The smallest absolute Gasteiger partial charge is 0.407 e. The van der Waals surface area contributed by atoms with Gasteiger partial charge in [0.2, 0.25) is 0 Å². The Morgan fingerprint density at radius 3 is 2.39 bits per heavy atom. The summed E-state index contributed by atoms with van der Waals surface area (Å²) in [6, 6.07) is 9.34. The lowest BCUT2D eigenvalue weighted by Gasteiger charge is -2.34. The van der Waals surface area contributed by atoms with E-state index in [4.69, 9.17) is 15.2 Å². The van der Waals surface area contributed by atoms with Gasteiger partial charge in [0.05, 0.1) is 5.92 Å². The van der Waals surface area contributed by atoms with Gasteiger partial charge in [0.25, 0.3) is 0 Å². The number of alkyl carbamates (subject to hydrolysis) is 1. The number of nitrogens with two attached hydrogens (primary N) is 1. The number of hydrogen-bond donors (Lipinski definition) is 3. The second-order valence-electron chi connectivity index (χ2n) is 10.0. The molecule has 4 N–H and O–H groups in total. The highest BCUT2D eigenvalue weighted by Gasteiger charge is 2.37. The Hall–Kier alpha value is -2.12. The van der Waals surface area contributed by atoms with Crippen molar-refractivity contribution in [1.29, 1.82) is 0 Å². The van der Waals surface area contributed by atoms with Crippen molar-refractivity contribution < 1.29 is 19.1 Å². The van der Waals surface area contributed by atoms with Gasteiger partial charge in [0, 0.05) is 19.1 Å². The zero-order valence-electron chi connectivity index (χ0n) is 20.6. The van der Waals surface area contributed by atoms with E-state index in [2.05, 4.69) is 10.6 Å². The van der Waals surface area contributed by atoms with Crippen LogP contribution < -0.4 is 16.4 Å². The number of amides is 1. The van der Waals surface area contributed by atoms with Crippen LogP contribution in [0.2, 0.25) is 0 Å². The number of benzene rings is 1. The van der Waals surface area contributed by atoms with Gasteiger partial charge >= 0.3 is 12.1 Å². The van der Waals surface area contributed by atoms with Gasteiger partial charge in [-0.15, -0.1) is 0 Å². The van der Waals surface area contributed by atoms with E-state index in [0.717, 1.165) is 50.6 Å². The third kappa shape index (κ3) is 11.0. The van der Waals surface area contributed by atoms with Crippen molar-refractivity contribution in [2.45, 2.75) is 84.0 Å². The second-order valence-corrected chi connectivity index (χ2v) is 10.0. The number of ether oxygens (including phenoxy) is 2. The van der Waals surface area contributed by atoms with Gasteiger partial charge in [-0.05, 0) is 64.5 Å². The standard InChI is InChI=1S/C26H43N3O4/c1-26(2,3)33-24(30)23(21-14-8-5-9-15-21)22(27)18-28-16-10-11-17-29-25(31)32-19-20-12-6-4-7-13-20/h4,6-7,12-13,21-23,28H,5,8-11,14-19,27H2,1-3H3,(H,29,31)/t22-,23?/m1/s1. The van der Waals surface area contributed by atoms with Crippen LogP contribution in [0.25, 0.3) is 0 Å². The summed E-state index contributed by atoms with van der Waals surface area (Å²) in [5, 5.41) is 6.16. The first-order valence-electron chi connectivity index (χ1n) is 12.4. The van der Waals surface area contributed by atoms with E-state index in [9.17, 15) is 9.59 Å². The molecule has 7 nitrogen and oxygen atoms in total. The van der Waals surface area contributed by atoms with Crippen molar-refractivity contribution in [3.05, 3.63) is 35.9 Å². The van der Waals surface area contributed by atoms with Gasteiger partial charge in [-0.3, -0.25) is 4.79 Å². The number of nitrogens with one attached hydrogen (secondary N) is 2. The molecule has 0 aliphatic heterocycles. The van der Waals surface area contributed by atoms with Crippen LogP contribution in [-0.4, -0.2) is 43.3 Å². The lowest BCUT2D eigenvalue weighted by Crippen LogP contribution is -2.48. The largest absolute Gasteiger partial charge is 0.460 e. The third-order valence-corrected chi connectivity index (χ3v) is 5.94. The van der Waals surface area contributed by atoms with Crippen LogP contribution in [0, 0.1) is 11.8 Å². The van der Waals surface area contributed by atoms with Crippen LogP contribution in [0.4, 0.5) is 4.79 Å². The Kier molecular flexibility index (Phi) is 11.7. The van der Waals surface area contributed by atoms with Crippen molar-refractivity contribution in [2.75, 3.05) is 19.6 Å². The molecular formula is C26H43N3O4. The number of hydrogen-bond acceptors (Lipinski definition) is 6. The summed E-state index contributed by atoms with van der Waals surface area (Å²) in [5.41, 5.74) is 6.95. The van der Waals surface area contributed by atoms with Crippen LogP contribution in [0.3, 0.4) is 0 Å². The first-order valence-corrected chi connectivity index (χ1v) is 12.4. The first kappa shape index (κ1) is 27.1. The summed E-state index contributed by atoms with van der Waals surface area (Å²) in [5.74, 6) is -0.128. The molecular weight excluding hydrogens is 418 g/mol. The SMILES string of the molecule is CC(C)(C)OC(=O)C(C1CCCCC1)[C@H](N)CNCCCCNC(=O)OCc1ccccc1. The Morgan fingerprint density at radius 1 is 1.06 bits per heavy atom. The van der Waals surface area contributed by atoms with E-state index in [1.54, 1.807) is 0 Å². The molecule has 186 valence electrons. The summed E-state index contributed by atoms with van der Waals surface area (Å²) in [6.45, 7) is 7.89. The average Bonchev–Trinajstić information content (AvgIpc) is 2.77. The molecule has 1 saturated carbocycles. The zero-order chi connectivity index (χ0) is 24.1. The highest BCUT2D eigenvalue weighted by molar-refractivity contribution is 5.74. The van der Waals surface area contributed by atoms with Gasteiger partial charge in [0.15, 0.2) is 0 Å². The van der Waals surface area contributed by atoms with Crippen molar-refractivity contribution in [1.82, 2.24) is 10.6 Å². The predicted molar refractivity (Wildman–Crippen MR) is 131 cm³/mol. The Morgan fingerprint density at radius 2 is 1.73 bits per heavy atom. The summed E-state index contributed by atoms with van der Waals surface area (Å²) in [6.07, 6.45) is 6.97. The van der Waals surface area contributed by atoms with Crippen LogP contribution in [-0.2, 0) is 20.9 Å². The maximum Gasteiger partial charge on any atom is 0.407 e. The number of carbonyl (C=O) groups is 2. The molecule has 0 radical (unpaired) electrons. The molecule has 1 unspecified atom stereocenters. The molecule has 1 aromatic carbocycles. The fourth-order valence-corrected chi connectivity index (χ4v) is 4.32. The highest BCUT2D eigenvalue weighted by atomic mass is 16.6.